The fourth-order valence-corrected chi connectivity index (χ4v) is 3.75. The number of hydrogen-bond donors (Lipinski definition) is 0. The van der Waals surface area contributed by atoms with E-state index in [2.05, 4.69) is 0 Å². The largest absolute Gasteiger partial charge is 0.489 e. The van der Waals surface area contributed by atoms with E-state index in [9.17, 15) is 9.59 Å². The van der Waals surface area contributed by atoms with Crippen molar-refractivity contribution in [2.24, 2.45) is 0 Å². The summed E-state index contributed by atoms with van der Waals surface area (Å²) in [5.74, 6) is 0.445. The van der Waals surface area contributed by atoms with Gasteiger partial charge in [-0.2, -0.15) is 0 Å². The van der Waals surface area contributed by atoms with Crippen molar-refractivity contribution in [3.63, 3.8) is 0 Å². The highest BCUT2D eigenvalue weighted by atomic mass is 16.6. The number of carbonyl (C=O) groups excluding carboxylic acids is 2. The van der Waals surface area contributed by atoms with E-state index in [1.165, 1.54) is 4.90 Å². The molecule has 1 fully saturated rings. The van der Waals surface area contributed by atoms with Gasteiger partial charge in [0, 0.05) is 6.42 Å². The first-order valence-electron chi connectivity index (χ1n) is 10.4. The highest BCUT2D eigenvalue weighted by Crippen LogP contribution is 2.31. The summed E-state index contributed by atoms with van der Waals surface area (Å²) in [7, 11) is 0. The predicted octanol–water partition coefficient (Wildman–Crippen LogP) is 5.48. The smallest absolute Gasteiger partial charge is 0.417 e. The number of amides is 2. The average molecular weight is 415 g/mol. The van der Waals surface area contributed by atoms with Gasteiger partial charge >= 0.3 is 6.09 Å². The second-order valence-corrected chi connectivity index (χ2v) is 7.72. The number of imide groups is 1. The lowest BCUT2D eigenvalue weighted by Crippen LogP contribution is -2.34. The van der Waals surface area contributed by atoms with Crippen LogP contribution in [0.4, 0.5) is 4.79 Å². The molecule has 1 heterocycles. The maximum absolute atomic E-state index is 13.0. The van der Waals surface area contributed by atoms with Gasteiger partial charge in [-0.3, -0.25) is 4.79 Å². The molecule has 0 spiro atoms. The summed E-state index contributed by atoms with van der Waals surface area (Å²) < 4.78 is 11.1. The third-order valence-corrected chi connectivity index (χ3v) is 5.48. The second-order valence-electron chi connectivity index (χ2n) is 7.72. The molecular formula is C26H25NO4. The van der Waals surface area contributed by atoms with Crippen LogP contribution in [0.15, 0.2) is 84.9 Å². The van der Waals surface area contributed by atoms with Crippen molar-refractivity contribution in [3.05, 3.63) is 102 Å². The summed E-state index contributed by atoms with van der Waals surface area (Å²) in [6.07, 6.45) is -0.369. The van der Waals surface area contributed by atoms with Crippen molar-refractivity contribution in [1.29, 1.82) is 0 Å². The van der Waals surface area contributed by atoms with Gasteiger partial charge in [-0.1, -0.05) is 79.7 Å². The Morgan fingerprint density at radius 1 is 1.03 bits per heavy atom. The topological polar surface area (TPSA) is 55.8 Å². The molecule has 2 amide bonds. The predicted molar refractivity (Wildman–Crippen MR) is 118 cm³/mol. The molecule has 0 aliphatic carbocycles. The van der Waals surface area contributed by atoms with Crippen LogP contribution in [-0.4, -0.2) is 23.5 Å². The van der Waals surface area contributed by atoms with E-state index >= 15 is 0 Å². The fourth-order valence-electron chi connectivity index (χ4n) is 3.75. The minimum atomic E-state index is -0.578. The summed E-state index contributed by atoms with van der Waals surface area (Å²) in [5, 5.41) is 0. The van der Waals surface area contributed by atoms with E-state index in [4.69, 9.17) is 9.47 Å². The minimum absolute atomic E-state index is 0.0717. The Balaban J connectivity index is 1.42. The molecule has 5 heteroatoms. The van der Waals surface area contributed by atoms with Crippen molar-refractivity contribution in [2.75, 3.05) is 6.61 Å². The quantitative estimate of drug-likeness (QED) is 0.513. The van der Waals surface area contributed by atoms with Crippen molar-refractivity contribution in [1.82, 2.24) is 4.90 Å². The molecular weight excluding hydrogens is 390 g/mol. The first-order valence-corrected chi connectivity index (χ1v) is 10.4. The number of nitrogens with zero attached hydrogens (tertiary/aromatic N) is 1. The van der Waals surface area contributed by atoms with Gasteiger partial charge in [0.2, 0.25) is 5.91 Å². The van der Waals surface area contributed by atoms with Gasteiger partial charge in [0.25, 0.3) is 0 Å². The molecule has 31 heavy (non-hydrogen) atoms. The van der Waals surface area contributed by atoms with Crippen molar-refractivity contribution in [2.45, 2.75) is 31.9 Å². The summed E-state index contributed by atoms with van der Waals surface area (Å²) in [6.45, 7) is 2.65. The number of rotatable bonds is 7. The van der Waals surface area contributed by atoms with E-state index in [1.807, 2.05) is 91.9 Å². The third kappa shape index (κ3) is 4.94. The van der Waals surface area contributed by atoms with Gasteiger partial charge in [0.1, 0.15) is 25.0 Å². The molecule has 4 rings (SSSR count). The molecule has 0 aromatic heterocycles. The highest BCUT2D eigenvalue weighted by molar-refractivity contribution is 5.94. The maximum atomic E-state index is 13.0. The molecule has 0 radical (unpaired) electrons. The minimum Gasteiger partial charge on any atom is -0.489 e. The molecule has 5 nitrogen and oxygen atoms in total. The highest BCUT2D eigenvalue weighted by Gasteiger charge is 2.39. The fraction of sp³-hybridized carbons (Fsp3) is 0.231. The molecule has 2 atom stereocenters. The number of benzene rings is 3. The van der Waals surface area contributed by atoms with Gasteiger partial charge < -0.3 is 9.47 Å². The van der Waals surface area contributed by atoms with Crippen LogP contribution >= 0.6 is 0 Å². The molecule has 1 aliphatic heterocycles. The van der Waals surface area contributed by atoms with E-state index in [0.29, 0.717) is 6.61 Å². The SMILES string of the molecule is C[C@H](CC(=O)N1C(=O)OC[C@H]1c1ccccc1)c1cccc(OCc2ccccc2)c1. The molecule has 3 aromatic carbocycles. The number of carbonyl (C=O) groups is 2. The van der Waals surface area contributed by atoms with Crippen LogP contribution in [0.3, 0.4) is 0 Å². The molecule has 0 unspecified atom stereocenters. The van der Waals surface area contributed by atoms with Crippen molar-refractivity contribution >= 4 is 12.0 Å². The molecule has 3 aromatic rings. The van der Waals surface area contributed by atoms with Crippen LogP contribution in [0.5, 0.6) is 5.75 Å². The summed E-state index contributed by atoms with van der Waals surface area (Å²) in [6, 6.07) is 26.9. The molecule has 1 saturated heterocycles. The monoisotopic (exact) mass is 415 g/mol. The van der Waals surface area contributed by atoms with Crippen LogP contribution in [0.1, 0.15) is 42.0 Å². The standard InChI is InChI=1S/C26H25NO4/c1-19(22-13-8-14-23(16-22)30-17-20-9-4-2-5-10-20)15-25(28)27-24(18-31-26(27)29)21-11-6-3-7-12-21/h2-14,16,19,24H,15,17-18H2,1H3/t19-,24+/m1/s1. The van der Waals surface area contributed by atoms with Gasteiger partial charge in [-0.25, -0.2) is 9.69 Å². The normalized spacial score (nSPS) is 16.6. The van der Waals surface area contributed by atoms with E-state index in [0.717, 1.165) is 22.4 Å². The summed E-state index contributed by atoms with van der Waals surface area (Å²) >= 11 is 0. The first kappa shape index (κ1) is 20.7. The van der Waals surface area contributed by atoms with E-state index < -0.39 is 6.09 Å². The second kappa shape index (κ2) is 9.47. The van der Waals surface area contributed by atoms with E-state index in [1.54, 1.807) is 0 Å². The van der Waals surface area contributed by atoms with Crippen LogP contribution in [0.2, 0.25) is 0 Å². The zero-order valence-electron chi connectivity index (χ0n) is 17.4. The van der Waals surface area contributed by atoms with Crippen molar-refractivity contribution < 1.29 is 19.1 Å². The van der Waals surface area contributed by atoms with Crippen LogP contribution in [0, 0.1) is 0 Å². The van der Waals surface area contributed by atoms with Crippen molar-refractivity contribution in [3.8, 4) is 5.75 Å². The Morgan fingerprint density at radius 2 is 1.74 bits per heavy atom. The molecule has 0 N–H and O–H groups in total. The first-order chi connectivity index (χ1) is 15.1. The lowest BCUT2D eigenvalue weighted by Gasteiger charge is -2.22. The average Bonchev–Trinajstić information content (AvgIpc) is 3.20. The molecule has 1 aliphatic rings. The van der Waals surface area contributed by atoms with Crippen LogP contribution < -0.4 is 4.74 Å². The lowest BCUT2D eigenvalue weighted by molar-refractivity contribution is -0.129. The van der Waals surface area contributed by atoms with Gasteiger partial charge in [-0.05, 0) is 34.7 Å². The number of hydrogen-bond acceptors (Lipinski definition) is 4. The van der Waals surface area contributed by atoms with Gasteiger partial charge in [0.05, 0.1) is 0 Å². The van der Waals surface area contributed by atoms with Crippen LogP contribution in [0.25, 0.3) is 0 Å². The molecule has 0 saturated carbocycles. The zero-order chi connectivity index (χ0) is 21.6. The number of cyclic esters (lactones) is 1. The molecule has 158 valence electrons. The Bertz CT molecular complexity index is 1040. The lowest BCUT2D eigenvalue weighted by atomic mass is 9.96. The van der Waals surface area contributed by atoms with Gasteiger partial charge in [-0.15, -0.1) is 0 Å². The summed E-state index contributed by atoms with van der Waals surface area (Å²) in [4.78, 5) is 26.5. The summed E-state index contributed by atoms with van der Waals surface area (Å²) in [5.41, 5.74) is 2.98. The van der Waals surface area contributed by atoms with Gasteiger partial charge in [0.15, 0.2) is 0 Å². The maximum Gasteiger partial charge on any atom is 0.417 e. The Kier molecular flexibility index (Phi) is 6.32. The number of ether oxygens (including phenoxy) is 2. The Hall–Kier alpha value is -3.60. The zero-order valence-corrected chi connectivity index (χ0v) is 17.4. The Labute approximate surface area is 182 Å². The van der Waals surface area contributed by atoms with E-state index in [-0.39, 0.29) is 30.9 Å². The third-order valence-electron chi connectivity index (χ3n) is 5.48. The van der Waals surface area contributed by atoms with Crippen LogP contribution in [-0.2, 0) is 16.1 Å². The molecule has 0 bridgehead atoms. The Morgan fingerprint density at radius 3 is 2.48 bits per heavy atom.